The van der Waals surface area contributed by atoms with E-state index in [1.807, 2.05) is 0 Å². The van der Waals surface area contributed by atoms with Gasteiger partial charge in [-0.1, -0.05) is 0 Å². The van der Waals surface area contributed by atoms with Crippen LogP contribution in [0.1, 0.15) is 16.9 Å². The van der Waals surface area contributed by atoms with Crippen LogP contribution in [-0.2, 0) is 9.59 Å². The summed E-state index contributed by atoms with van der Waals surface area (Å²) < 4.78 is 35.0. The quantitative estimate of drug-likeness (QED) is 0.452. The van der Waals surface area contributed by atoms with Crippen molar-refractivity contribution >= 4 is 11.9 Å². The molecule has 0 aromatic heterocycles. The molecule has 58 valence electrons. The highest BCUT2D eigenvalue weighted by Crippen LogP contribution is 1.92. The highest BCUT2D eigenvalue weighted by molar-refractivity contribution is 5.76. The van der Waals surface area contributed by atoms with Crippen molar-refractivity contribution in [2.75, 3.05) is 0 Å². The maximum absolute atomic E-state index is 10.6. The fourth-order valence-electron chi connectivity index (χ4n) is 0.246. The Hall–Kier alpha value is -1.10. The smallest absolute Gasteiger partial charge is 0.320 e. The second kappa shape index (κ2) is 3.84. The number of carbonyl (C=O) groups excluding carboxylic acids is 1. The number of aliphatic carboxylic acids is 1. The maximum Gasteiger partial charge on any atom is 0.320 e. The Kier molecular flexibility index (Phi) is 1.28. The summed E-state index contributed by atoms with van der Waals surface area (Å²) in [6.07, 6.45) is -3.99. The average Bonchev–Trinajstić information content (AvgIpc) is 1.98. The van der Waals surface area contributed by atoms with Crippen molar-refractivity contribution in [3.8, 4) is 0 Å². The predicted octanol–water partition coefficient (Wildman–Crippen LogP) is -1.34. The Morgan fingerprint density at radius 3 is 2.80 bits per heavy atom. The summed E-state index contributed by atoms with van der Waals surface area (Å²) in [6, 6.07) is -3.21. The molecule has 0 bridgehead atoms. The number of carboxylic acids is 1. The predicted molar refractivity (Wildman–Crippen MR) is 34.0 cm³/mol. The molecule has 0 aromatic carbocycles. The summed E-state index contributed by atoms with van der Waals surface area (Å²) in [5.41, 5.74) is 4.07. The van der Waals surface area contributed by atoms with Gasteiger partial charge in [0, 0.05) is 9.16 Å². The van der Waals surface area contributed by atoms with Crippen molar-refractivity contribution in [3.05, 3.63) is 0 Å². The lowest BCUT2D eigenvalue weighted by Crippen LogP contribution is -2.31. The van der Waals surface area contributed by atoms with Crippen molar-refractivity contribution in [1.29, 1.82) is 0 Å². The first-order valence-corrected chi connectivity index (χ1v) is 2.35. The van der Waals surface area contributed by atoms with Gasteiger partial charge in [-0.2, -0.15) is 0 Å². The molecule has 0 aromatic rings. The number of hydrogen-bond acceptors (Lipinski definition) is 3. The van der Waals surface area contributed by atoms with Gasteiger partial charge in [-0.3, -0.25) is 9.59 Å². The highest BCUT2D eigenvalue weighted by Gasteiger charge is 2.11. The number of primary amides is 1. The van der Waals surface area contributed by atoms with E-state index < -0.39 is 36.4 Å². The molecule has 0 saturated heterocycles. The number of hydrogen-bond donors (Lipinski definition) is 3. The number of carboxylic acid groups (broad SMARTS) is 1. The summed E-state index contributed by atoms with van der Waals surface area (Å²) in [4.78, 5) is 21.1. The lowest BCUT2D eigenvalue weighted by molar-refractivity contribution is -0.138. The van der Waals surface area contributed by atoms with Gasteiger partial charge in [-0.15, -0.1) is 0 Å². The van der Waals surface area contributed by atoms with Gasteiger partial charge >= 0.3 is 5.97 Å². The summed E-state index contributed by atoms with van der Waals surface area (Å²) in [5.74, 6) is -3.20. The van der Waals surface area contributed by atoms with Crippen LogP contribution in [0.15, 0.2) is 0 Å². The number of amides is 1. The van der Waals surface area contributed by atoms with Crippen LogP contribution in [0.25, 0.3) is 0 Å². The van der Waals surface area contributed by atoms with E-state index in [0.717, 1.165) is 0 Å². The molecule has 0 saturated carbocycles. The van der Waals surface area contributed by atoms with E-state index in [2.05, 4.69) is 5.73 Å². The Morgan fingerprint density at radius 1 is 1.90 bits per heavy atom. The van der Waals surface area contributed by atoms with E-state index in [-0.39, 0.29) is 0 Å². The van der Waals surface area contributed by atoms with Gasteiger partial charge < -0.3 is 16.6 Å². The molecule has 0 heterocycles. The van der Waals surface area contributed by atoms with Gasteiger partial charge in [0.05, 0.1) is 1.37 Å². The highest BCUT2D eigenvalue weighted by atomic mass is 16.4. The molecule has 1 amide bonds. The van der Waals surface area contributed by atoms with Gasteiger partial charge in [-0.25, -0.2) is 0 Å². The number of carbonyl (C=O) groups is 2. The van der Waals surface area contributed by atoms with Crippen LogP contribution in [-0.4, -0.2) is 23.0 Å². The first-order chi connectivity index (χ1) is 6.55. The van der Waals surface area contributed by atoms with Crippen molar-refractivity contribution in [2.45, 2.75) is 18.8 Å². The van der Waals surface area contributed by atoms with Crippen LogP contribution in [0, 0.1) is 0 Å². The molecular weight excluding hydrogens is 136 g/mol. The number of nitrogens with two attached hydrogens (primary N) is 2. The Morgan fingerprint density at radius 2 is 2.50 bits per heavy atom. The van der Waals surface area contributed by atoms with Crippen molar-refractivity contribution in [1.82, 2.24) is 0 Å². The molecule has 0 aliphatic rings. The van der Waals surface area contributed by atoms with Gasteiger partial charge in [-0.05, 0) is 6.37 Å². The first-order valence-electron chi connectivity index (χ1n) is 4.75. The first kappa shape index (κ1) is 3.34. The van der Waals surface area contributed by atoms with E-state index in [9.17, 15) is 9.59 Å². The lowest BCUT2D eigenvalue weighted by atomic mass is 10.2. The molecule has 0 aliphatic heterocycles. The normalized spacial score (nSPS) is 24.7. The van der Waals surface area contributed by atoms with Crippen molar-refractivity contribution in [2.24, 2.45) is 11.5 Å². The Labute approximate surface area is 65.1 Å². The molecule has 0 aliphatic carbocycles. The molecule has 0 unspecified atom stereocenters. The second-order valence-electron chi connectivity index (χ2n) is 1.47. The summed E-state index contributed by atoms with van der Waals surface area (Å²) in [5, 5.41) is 8.59. The largest absolute Gasteiger partial charge is 0.480 e. The topological polar surface area (TPSA) is 106 Å². The van der Waals surface area contributed by atoms with E-state index in [0.29, 0.717) is 0 Å². The number of rotatable bonds is 5. The third-order valence-electron chi connectivity index (χ3n) is 0.633. The fraction of sp³-hybridized carbons (Fsp3) is 0.600. The molecule has 0 radical (unpaired) electrons. The van der Waals surface area contributed by atoms with E-state index in [1.165, 1.54) is 0 Å². The summed E-state index contributed by atoms with van der Waals surface area (Å²) in [6.45, 7) is 0. The van der Waals surface area contributed by atoms with Crippen LogP contribution in [0.2, 0.25) is 2.82 Å². The van der Waals surface area contributed by atoms with Gasteiger partial charge in [0.15, 0.2) is 0 Å². The lowest BCUT2D eigenvalue weighted by Gasteiger charge is -2.01. The molecule has 5 heteroatoms. The Balaban J connectivity index is 5.25. The molecular formula is C5H10N2O3. The fourth-order valence-corrected chi connectivity index (χ4v) is 0.246. The minimum absolute atomic E-state index is 0.613. The van der Waals surface area contributed by atoms with Gasteiger partial charge in [0.1, 0.15) is 8.84 Å². The summed E-state index contributed by atoms with van der Waals surface area (Å²) >= 11 is 0. The molecule has 0 spiro atoms. The molecule has 1 atom stereocenters. The second-order valence-corrected chi connectivity index (χ2v) is 1.47. The zero-order valence-electron chi connectivity index (χ0n) is 10.00. The third kappa shape index (κ3) is 3.85. The van der Waals surface area contributed by atoms with Crippen LogP contribution < -0.4 is 11.5 Å². The SMILES string of the molecule is [2H]N([2H])[C@]([2H])(C(=O)O)C([2H])([2H])CC(N)=O. The Bertz CT molecular complexity index is 284. The van der Waals surface area contributed by atoms with E-state index in [4.69, 9.17) is 12.0 Å². The van der Waals surface area contributed by atoms with E-state index >= 15 is 0 Å². The zero-order valence-corrected chi connectivity index (χ0v) is 5.00. The minimum atomic E-state index is -3.21. The van der Waals surface area contributed by atoms with Crippen molar-refractivity contribution in [3.63, 3.8) is 0 Å². The molecule has 0 rings (SSSR count). The van der Waals surface area contributed by atoms with E-state index in [1.54, 1.807) is 0 Å². The molecule has 5 N–H and O–H groups in total. The molecule has 0 fully saturated rings. The van der Waals surface area contributed by atoms with Crippen LogP contribution >= 0.6 is 0 Å². The van der Waals surface area contributed by atoms with Crippen LogP contribution in [0.3, 0.4) is 0 Å². The third-order valence-corrected chi connectivity index (χ3v) is 0.633. The van der Waals surface area contributed by atoms with Crippen molar-refractivity contribution < 1.29 is 21.6 Å². The molecule has 5 nitrogen and oxygen atoms in total. The van der Waals surface area contributed by atoms with Gasteiger partial charge in [0.25, 0.3) is 0 Å². The van der Waals surface area contributed by atoms with Crippen LogP contribution in [0.4, 0.5) is 0 Å². The average molecular weight is 151 g/mol. The van der Waals surface area contributed by atoms with Crippen LogP contribution in [0.5, 0.6) is 0 Å². The molecule has 10 heavy (non-hydrogen) atoms. The monoisotopic (exact) mass is 151 g/mol. The van der Waals surface area contributed by atoms with Gasteiger partial charge in [0.2, 0.25) is 5.91 Å². The standard InChI is InChI=1S/C5H10N2O3/c6-3(5(9)10)1-2-4(7)8/h3H,1-2,6H2,(H2,7,8)(H,9,10)/t3-/m0/s1/i1D2,3D/hD2. The maximum atomic E-state index is 10.6. The minimum Gasteiger partial charge on any atom is -0.480 e. The summed E-state index contributed by atoms with van der Waals surface area (Å²) in [7, 11) is 0. The zero-order chi connectivity index (χ0) is 12.4.